The van der Waals surface area contributed by atoms with Gasteiger partial charge in [0, 0.05) is 31.0 Å². The fraction of sp³-hybridized carbons (Fsp3) is 0.316. The summed E-state index contributed by atoms with van der Waals surface area (Å²) in [6, 6.07) is 12.9. The van der Waals surface area contributed by atoms with Crippen LogP contribution in [0.3, 0.4) is 0 Å². The summed E-state index contributed by atoms with van der Waals surface area (Å²) in [5.41, 5.74) is 2.89. The van der Waals surface area contributed by atoms with Gasteiger partial charge in [0.05, 0.1) is 18.8 Å². The Balaban J connectivity index is 1.67. The molecule has 2 aromatic carbocycles. The summed E-state index contributed by atoms with van der Waals surface area (Å²) in [7, 11) is 0. The molecule has 126 valence electrons. The van der Waals surface area contributed by atoms with Gasteiger partial charge < -0.3 is 15.0 Å². The SMILES string of the molecule is CC(=O)c1c(F)cccc1NCc1ccc(N2CCOCC2)cc1. The van der Waals surface area contributed by atoms with Crippen molar-refractivity contribution in [1.29, 1.82) is 0 Å². The molecule has 2 aromatic rings. The molecule has 0 unspecified atom stereocenters. The van der Waals surface area contributed by atoms with E-state index in [2.05, 4.69) is 22.3 Å². The minimum absolute atomic E-state index is 0.113. The molecule has 1 aliphatic rings. The van der Waals surface area contributed by atoms with E-state index in [1.165, 1.54) is 18.7 Å². The number of hydrogen-bond donors (Lipinski definition) is 1. The van der Waals surface area contributed by atoms with Crippen LogP contribution in [0.4, 0.5) is 15.8 Å². The molecule has 0 bridgehead atoms. The van der Waals surface area contributed by atoms with E-state index < -0.39 is 5.82 Å². The van der Waals surface area contributed by atoms with Gasteiger partial charge in [0.1, 0.15) is 5.82 Å². The fourth-order valence-corrected chi connectivity index (χ4v) is 2.87. The summed E-state index contributed by atoms with van der Waals surface area (Å²) < 4.78 is 19.2. The van der Waals surface area contributed by atoms with Gasteiger partial charge in [0.25, 0.3) is 0 Å². The van der Waals surface area contributed by atoms with E-state index in [0.29, 0.717) is 12.2 Å². The van der Waals surface area contributed by atoms with Crippen molar-refractivity contribution < 1.29 is 13.9 Å². The van der Waals surface area contributed by atoms with E-state index in [1.54, 1.807) is 12.1 Å². The second-order valence-electron chi connectivity index (χ2n) is 5.84. The Hall–Kier alpha value is -2.40. The number of benzene rings is 2. The molecular formula is C19H21FN2O2. The minimum atomic E-state index is -0.491. The van der Waals surface area contributed by atoms with Gasteiger partial charge in [-0.05, 0) is 36.8 Å². The highest BCUT2D eigenvalue weighted by Gasteiger charge is 2.13. The van der Waals surface area contributed by atoms with Gasteiger partial charge >= 0.3 is 0 Å². The Morgan fingerprint density at radius 1 is 1.17 bits per heavy atom. The zero-order chi connectivity index (χ0) is 16.9. The van der Waals surface area contributed by atoms with Gasteiger partial charge in [-0.3, -0.25) is 4.79 Å². The van der Waals surface area contributed by atoms with E-state index in [1.807, 2.05) is 12.1 Å². The number of nitrogens with zero attached hydrogens (tertiary/aromatic N) is 1. The van der Waals surface area contributed by atoms with Crippen LogP contribution in [0.25, 0.3) is 0 Å². The number of Topliss-reactive ketones (excluding diaryl/α,β-unsaturated/α-hetero) is 1. The van der Waals surface area contributed by atoms with E-state index in [-0.39, 0.29) is 11.3 Å². The van der Waals surface area contributed by atoms with Crippen LogP contribution in [-0.4, -0.2) is 32.1 Å². The lowest BCUT2D eigenvalue weighted by atomic mass is 10.1. The van der Waals surface area contributed by atoms with E-state index in [4.69, 9.17) is 4.74 Å². The van der Waals surface area contributed by atoms with E-state index >= 15 is 0 Å². The number of nitrogens with one attached hydrogen (secondary N) is 1. The van der Waals surface area contributed by atoms with Crippen molar-refractivity contribution in [2.45, 2.75) is 13.5 Å². The normalized spacial score (nSPS) is 14.5. The van der Waals surface area contributed by atoms with Gasteiger partial charge in [-0.2, -0.15) is 0 Å². The molecule has 24 heavy (non-hydrogen) atoms. The molecule has 1 N–H and O–H groups in total. The number of halogens is 1. The third-order valence-corrected chi connectivity index (χ3v) is 4.16. The standard InChI is InChI=1S/C19H21FN2O2/c1-14(23)19-17(20)3-2-4-18(19)21-13-15-5-7-16(8-6-15)22-9-11-24-12-10-22/h2-8,21H,9-13H2,1H3. The maximum Gasteiger partial charge on any atom is 0.164 e. The summed E-state index contributed by atoms with van der Waals surface area (Å²) in [6.07, 6.45) is 0. The van der Waals surface area contributed by atoms with Crippen LogP contribution in [0.1, 0.15) is 22.8 Å². The minimum Gasteiger partial charge on any atom is -0.380 e. The van der Waals surface area contributed by atoms with Crippen molar-refractivity contribution in [3.8, 4) is 0 Å². The quantitative estimate of drug-likeness (QED) is 0.853. The predicted molar refractivity (Wildman–Crippen MR) is 93.2 cm³/mol. The number of carbonyl (C=O) groups excluding carboxylic acids is 1. The maximum absolute atomic E-state index is 13.8. The summed E-state index contributed by atoms with van der Waals surface area (Å²) in [5.74, 6) is -0.770. The molecule has 0 atom stereocenters. The van der Waals surface area contributed by atoms with Crippen LogP contribution in [0.5, 0.6) is 0 Å². The molecule has 0 saturated carbocycles. The largest absolute Gasteiger partial charge is 0.380 e. The zero-order valence-electron chi connectivity index (χ0n) is 13.7. The first kappa shape index (κ1) is 16.5. The molecule has 1 aliphatic heterocycles. The fourth-order valence-electron chi connectivity index (χ4n) is 2.87. The number of rotatable bonds is 5. The molecule has 0 spiro atoms. The third kappa shape index (κ3) is 3.74. The highest BCUT2D eigenvalue weighted by atomic mass is 19.1. The number of anilines is 2. The zero-order valence-corrected chi connectivity index (χ0v) is 13.7. The molecule has 0 aromatic heterocycles. The maximum atomic E-state index is 13.8. The van der Waals surface area contributed by atoms with Crippen molar-refractivity contribution >= 4 is 17.2 Å². The Morgan fingerprint density at radius 3 is 2.54 bits per heavy atom. The monoisotopic (exact) mass is 328 g/mol. The highest BCUT2D eigenvalue weighted by Crippen LogP contribution is 2.21. The van der Waals surface area contributed by atoms with Crippen LogP contribution < -0.4 is 10.2 Å². The van der Waals surface area contributed by atoms with Crippen LogP contribution >= 0.6 is 0 Å². The summed E-state index contributed by atoms with van der Waals surface area (Å²) in [5, 5.41) is 3.16. The molecule has 4 nitrogen and oxygen atoms in total. The van der Waals surface area contributed by atoms with E-state index in [9.17, 15) is 9.18 Å². The number of ketones is 1. The van der Waals surface area contributed by atoms with Crippen molar-refractivity contribution in [2.24, 2.45) is 0 Å². The van der Waals surface area contributed by atoms with Crippen LogP contribution in [0.2, 0.25) is 0 Å². The number of carbonyl (C=O) groups is 1. The molecule has 3 rings (SSSR count). The van der Waals surface area contributed by atoms with Crippen molar-refractivity contribution in [3.63, 3.8) is 0 Å². The molecule has 0 amide bonds. The van der Waals surface area contributed by atoms with Crippen LogP contribution in [0, 0.1) is 5.82 Å². The predicted octanol–water partition coefficient (Wildman–Crippen LogP) is 3.48. The molecule has 1 saturated heterocycles. The molecule has 5 heteroatoms. The summed E-state index contributed by atoms with van der Waals surface area (Å²) in [6.45, 7) is 5.24. The Labute approximate surface area is 141 Å². The number of hydrogen-bond acceptors (Lipinski definition) is 4. The van der Waals surface area contributed by atoms with Crippen molar-refractivity contribution in [1.82, 2.24) is 0 Å². The number of morpholine rings is 1. The van der Waals surface area contributed by atoms with Crippen LogP contribution in [-0.2, 0) is 11.3 Å². The molecule has 0 aliphatic carbocycles. The first-order chi connectivity index (χ1) is 11.6. The Kier molecular flexibility index (Phi) is 5.11. The average molecular weight is 328 g/mol. The van der Waals surface area contributed by atoms with Gasteiger partial charge in [-0.15, -0.1) is 0 Å². The summed E-state index contributed by atoms with van der Waals surface area (Å²) >= 11 is 0. The Bertz CT molecular complexity index is 710. The molecule has 1 fully saturated rings. The smallest absolute Gasteiger partial charge is 0.164 e. The lowest BCUT2D eigenvalue weighted by molar-refractivity contribution is 0.101. The van der Waals surface area contributed by atoms with Gasteiger partial charge in [0.15, 0.2) is 5.78 Å². The lowest BCUT2D eigenvalue weighted by Crippen LogP contribution is -2.36. The first-order valence-corrected chi connectivity index (χ1v) is 8.10. The lowest BCUT2D eigenvalue weighted by Gasteiger charge is -2.28. The summed E-state index contributed by atoms with van der Waals surface area (Å²) in [4.78, 5) is 13.9. The second-order valence-corrected chi connectivity index (χ2v) is 5.84. The average Bonchev–Trinajstić information content (AvgIpc) is 2.61. The molecular weight excluding hydrogens is 307 g/mol. The molecule has 1 heterocycles. The first-order valence-electron chi connectivity index (χ1n) is 8.10. The Morgan fingerprint density at radius 2 is 1.88 bits per heavy atom. The van der Waals surface area contributed by atoms with Crippen molar-refractivity contribution in [2.75, 3.05) is 36.5 Å². The number of ether oxygens (including phenoxy) is 1. The highest BCUT2D eigenvalue weighted by molar-refractivity contribution is 5.99. The molecule has 0 radical (unpaired) electrons. The second kappa shape index (κ2) is 7.45. The van der Waals surface area contributed by atoms with Crippen molar-refractivity contribution in [3.05, 3.63) is 59.4 Å². The third-order valence-electron chi connectivity index (χ3n) is 4.16. The van der Waals surface area contributed by atoms with Gasteiger partial charge in [-0.1, -0.05) is 18.2 Å². The topological polar surface area (TPSA) is 41.6 Å². The van der Waals surface area contributed by atoms with E-state index in [0.717, 1.165) is 31.9 Å². The van der Waals surface area contributed by atoms with Gasteiger partial charge in [0.2, 0.25) is 0 Å². The van der Waals surface area contributed by atoms with Gasteiger partial charge in [-0.25, -0.2) is 4.39 Å². The van der Waals surface area contributed by atoms with Crippen LogP contribution in [0.15, 0.2) is 42.5 Å².